The van der Waals surface area contributed by atoms with E-state index in [1.54, 1.807) is 25.5 Å². The van der Waals surface area contributed by atoms with Crippen LogP contribution in [0.3, 0.4) is 0 Å². The van der Waals surface area contributed by atoms with Gasteiger partial charge in [0.2, 0.25) is 5.13 Å². The molecule has 0 aliphatic rings. The van der Waals surface area contributed by atoms with E-state index in [0.717, 1.165) is 16.7 Å². The lowest BCUT2D eigenvalue weighted by Gasteiger charge is -2.04. The van der Waals surface area contributed by atoms with Crippen molar-refractivity contribution in [2.75, 3.05) is 12.5 Å². The number of hydrogen-bond donors (Lipinski definition) is 1. The van der Waals surface area contributed by atoms with Crippen molar-refractivity contribution < 1.29 is 9.13 Å². The Labute approximate surface area is 169 Å². The molecule has 1 N–H and O–H groups in total. The summed E-state index contributed by atoms with van der Waals surface area (Å²) < 4.78 is 18.6. The van der Waals surface area contributed by atoms with Gasteiger partial charge >= 0.3 is 0 Å². The highest BCUT2D eigenvalue weighted by Gasteiger charge is 2.06. The molecule has 4 rings (SSSR count). The first kappa shape index (κ1) is 18.3. The van der Waals surface area contributed by atoms with Crippen LogP contribution in [0.2, 0.25) is 5.15 Å². The van der Waals surface area contributed by atoms with Crippen molar-refractivity contribution in [2.45, 2.75) is 0 Å². The van der Waals surface area contributed by atoms with Crippen molar-refractivity contribution in [1.82, 2.24) is 9.97 Å². The SMILES string of the molecule is COc1ccc2nc(Cl)c(/C=N/Nc3nc(-c4cccc(F)c4)cs3)cc2c1. The third-order valence-corrected chi connectivity index (χ3v) is 5.04. The Hall–Kier alpha value is -3.03. The van der Waals surface area contributed by atoms with E-state index in [1.807, 2.05) is 29.6 Å². The number of benzene rings is 2. The molecule has 0 unspecified atom stereocenters. The molecule has 2 aromatic carbocycles. The zero-order valence-corrected chi connectivity index (χ0v) is 16.3. The molecule has 0 aliphatic heterocycles. The van der Waals surface area contributed by atoms with E-state index in [4.69, 9.17) is 16.3 Å². The zero-order chi connectivity index (χ0) is 19.5. The van der Waals surface area contributed by atoms with E-state index >= 15 is 0 Å². The fourth-order valence-corrected chi connectivity index (χ4v) is 3.49. The second kappa shape index (κ2) is 7.92. The molecule has 2 aromatic heterocycles. The van der Waals surface area contributed by atoms with Gasteiger partial charge in [0.25, 0.3) is 0 Å². The topological polar surface area (TPSA) is 59.4 Å². The van der Waals surface area contributed by atoms with Crippen molar-refractivity contribution >= 4 is 45.2 Å². The molecule has 0 saturated carbocycles. The molecule has 0 saturated heterocycles. The number of fused-ring (bicyclic) bond motifs is 1. The lowest BCUT2D eigenvalue weighted by Crippen LogP contribution is -1.93. The van der Waals surface area contributed by atoms with Gasteiger partial charge in [0.1, 0.15) is 16.7 Å². The third-order valence-electron chi connectivity index (χ3n) is 3.99. The normalized spacial score (nSPS) is 11.2. The zero-order valence-electron chi connectivity index (χ0n) is 14.7. The van der Waals surface area contributed by atoms with E-state index in [2.05, 4.69) is 20.5 Å². The summed E-state index contributed by atoms with van der Waals surface area (Å²) >= 11 is 7.62. The minimum atomic E-state index is -0.298. The number of nitrogens with one attached hydrogen (secondary N) is 1. The summed E-state index contributed by atoms with van der Waals surface area (Å²) in [7, 11) is 1.61. The molecule has 4 aromatic rings. The lowest BCUT2D eigenvalue weighted by molar-refractivity contribution is 0.415. The van der Waals surface area contributed by atoms with Crippen molar-refractivity contribution in [3.8, 4) is 17.0 Å². The van der Waals surface area contributed by atoms with Gasteiger partial charge in [-0.25, -0.2) is 14.4 Å². The number of hydrogen-bond acceptors (Lipinski definition) is 6. The van der Waals surface area contributed by atoms with Crippen LogP contribution in [0.15, 0.2) is 59.0 Å². The molecule has 0 spiro atoms. The number of aromatic nitrogens is 2. The average molecular weight is 413 g/mol. The molecule has 0 atom stereocenters. The molecule has 2 heterocycles. The Balaban J connectivity index is 1.53. The molecule has 140 valence electrons. The number of thiazole rings is 1. The highest BCUT2D eigenvalue weighted by Crippen LogP contribution is 2.26. The molecule has 0 fully saturated rings. The highest BCUT2D eigenvalue weighted by atomic mass is 35.5. The summed E-state index contributed by atoms with van der Waals surface area (Å²) in [6, 6.07) is 13.8. The molecule has 0 aliphatic carbocycles. The first-order valence-electron chi connectivity index (χ1n) is 8.27. The first-order valence-corrected chi connectivity index (χ1v) is 9.53. The third kappa shape index (κ3) is 3.95. The maximum absolute atomic E-state index is 13.4. The number of ether oxygens (including phenoxy) is 1. The molecular weight excluding hydrogens is 399 g/mol. The summed E-state index contributed by atoms with van der Waals surface area (Å²) in [5.74, 6) is 0.443. The van der Waals surface area contributed by atoms with Crippen LogP contribution in [0, 0.1) is 5.82 Å². The maximum Gasteiger partial charge on any atom is 0.203 e. The maximum atomic E-state index is 13.4. The van der Waals surface area contributed by atoms with E-state index < -0.39 is 0 Å². The van der Waals surface area contributed by atoms with Crippen molar-refractivity contribution in [3.05, 3.63) is 70.4 Å². The molecule has 28 heavy (non-hydrogen) atoms. The van der Waals surface area contributed by atoms with Crippen molar-refractivity contribution in [2.24, 2.45) is 5.10 Å². The van der Waals surface area contributed by atoms with Gasteiger partial charge in [0.05, 0.1) is 24.5 Å². The van der Waals surface area contributed by atoms with Gasteiger partial charge in [-0.05, 0) is 36.4 Å². The fraction of sp³-hybridized carbons (Fsp3) is 0.0500. The number of rotatable bonds is 5. The molecule has 5 nitrogen and oxygen atoms in total. The Bertz CT molecular complexity index is 1180. The molecule has 0 amide bonds. The van der Waals surface area contributed by atoms with Gasteiger partial charge in [0.15, 0.2) is 0 Å². The van der Waals surface area contributed by atoms with Gasteiger partial charge in [-0.1, -0.05) is 23.7 Å². The number of pyridine rings is 1. The summed E-state index contributed by atoms with van der Waals surface area (Å²) in [5, 5.41) is 7.86. The lowest BCUT2D eigenvalue weighted by atomic mass is 10.1. The number of methoxy groups -OCH3 is 1. The van der Waals surface area contributed by atoms with Crippen LogP contribution in [-0.4, -0.2) is 23.3 Å². The van der Waals surface area contributed by atoms with Gasteiger partial charge in [0, 0.05) is 21.9 Å². The predicted molar refractivity (Wildman–Crippen MR) is 112 cm³/mol. The molecular formula is C20H14ClFN4OS. The van der Waals surface area contributed by atoms with Crippen LogP contribution in [0.5, 0.6) is 5.75 Å². The van der Waals surface area contributed by atoms with Crippen LogP contribution < -0.4 is 10.2 Å². The highest BCUT2D eigenvalue weighted by molar-refractivity contribution is 7.14. The second-order valence-corrected chi connectivity index (χ2v) is 7.06. The van der Waals surface area contributed by atoms with E-state index in [1.165, 1.54) is 23.5 Å². The van der Waals surface area contributed by atoms with Crippen LogP contribution in [-0.2, 0) is 0 Å². The standard InChI is InChI=1S/C20H14ClFN4OS/c1-27-16-5-6-17-13(9-16)7-14(19(21)24-17)10-23-26-20-25-18(11-28-20)12-3-2-4-15(22)8-12/h2-11H,1H3,(H,25,26)/b23-10+. The Kier molecular flexibility index (Phi) is 5.18. The Morgan fingerprint density at radius 2 is 2.07 bits per heavy atom. The van der Waals surface area contributed by atoms with Crippen LogP contribution in [0.1, 0.15) is 5.56 Å². The summed E-state index contributed by atoms with van der Waals surface area (Å²) in [6.45, 7) is 0. The van der Waals surface area contributed by atoms with Crippen molar-refractivity contribution in [3.63, 3.8) is 0 Å². The van der Waals surface area contributed by atoms with E-state index in [0.29, 0.717) is 27.1 Å². The van der Waals surface area contributed by atoms with Crippen LogP contribution in [0.4, 0.5) is 9.52 Å². The molecule has 0 radical (unpaired) electrons. The first-order chi connectivity index (χ1) is 13.6. The van der Waals surface area contributed by atoms with Crippen LogP contribution >= 0.6 is 22.9 Å². The summed E-state index contributed by atoms with van der Waals surface area (Å²) in [6.07, 6.45) is 1.58. The van der Waals surface area contributed by atoms with Gasteiger partial charge in [-0.3, -0.25) is 5.43 Å². The van der Waals surface area contributed by atoms with Crippen molar-refractivity contribution in [1.29, 1.82) is 0 Å². The monoisotopic (exact) mass is 412 g/mol. The van der Waals surface area contributed by atoms with Gasteiger partial charge in [-0.15, -0.1) is 11.3 Å². The van der Waals surface area contributed by atoms with E-state index in [-0.39, 0.29) is 5.82 Å². The average Bonchev–Trinajstić information content (AvgIpc) is 3.17. The Morgan fingerprint density at radius 1 is 1.18 bits per heavy atom. The van der Waals surface area contributed by atoms with Crippen LogP contribution in [0.25, 0.3) is 22.2 Å². The van der Waals surface area contributed by atoms with E-state index in [9.17, 15) is 4.39 Å². The minimum Gasteiger partial charge on any atom is -0.497 e. The molecule has 8 heteroatoms. The number of anilines is 1. The van der Waals surface area contributed by atoms with Gasteiger partial charge < -0.3 is 4.74 Å². The number of halogens is 2. The minimum absolute atomic E-state index is 0.298. The quantitative estimate of drug-likeness (QED) is 0.263. The summed E-state index contributed by atoms with van der Waals surface area (Å²) in [4.78, 5) is 8.78. The Morgan fingerprint density at radius 3 is 2.89 bits per heavy atom. The predicted octanol–water partition coefficient (Wildman–Crippen LogP) is 5.61. The fourth-order valence-electron chi connectivity index (χ4n) is 2.63. The largest absolute Gasteiger partial charge is 0.497 e. The smallest absolute Gasteiger partial charge is 0.203 e. The number of hydrazone groups is 1. The van der Waals surface area contributed by atoms with Gasteiger partial charge in [-0.2, -0.15) is 5.10 Å². The summed E-state index contributed by atoms with van der Waals surface area (Å²) in [5.41, 5.74) is 5.70. The number of nitrogens with zero attached hydrogens (tertiary/aromatic N) is 3. The second-order valence-electron chi connectivity index (χ2n) is 5.85. The molecule has 0 bridgehead atoms.